The molecule has 0 unspecified atom stereocenters. The maximum Gasteiger partial charge on any atom is 0.460 e. The summed E-state index contributed by atoms with van der Waals surface area (Å²) in [5, 5.41) is 30.9. The molecule has 1 aromatic carbocycles. The molecular weight excluding hydrogens is 498 g/mol. The molecule has 1 N–H and O–H groups in total. The van der Waals surface area contributed by atoms with Crippen LogP contribution in [0.2, 0.25) is 0 Å². The third-order valence-electron chi connectivity index (χ3n) is 5.02. The first kappa shape index (κ1) is 24.6. The van der Waals surface area contributed by atoms with Crippen LogP contribution in [0.4, 0.5) is 5.95 Å². The first-order valence-electron chi connectivity index (χ1n) is 10.5. The second-order valence-corrected chi connectivity index (χ2v) is 8.92. The summed E-state index contributed by atoms with van der Waals surface area (Å²) in [6, 6.07) is 4.63. The number of esters is 1. The van der Waals surface area contributed by atoms with Crippen LogP contribution in [-0.2, 0) is 19.1 Å². The number of hydrogen-bond acceptors (Lipinski definition) is 8. The lowest BCUT2D eigenvalue weighted by molar-refractivity contribution is -0.672. The third-order valence-corrected chi connectivity index (χ3v) is 5.52. The van der Waals surface area contributed by atoms with Crippen molar-refractivity contribution in [3.63, 3.8) is 0 Å². The van der Waals surface area contributed by atoms with Crippen molar-refractivity contribution in [1.82, 2.24) is 10.00 Å². The van der Waals surface area contributed by atoms with Gasteiger partial charge in [0.15, 0.2) is 5.52 Å². The number of nitrogens with zero attached hydrogens (tertiary/aromatic N) is 4. The van der Waals surface area contributed by atoms with E-state index < -0.39 is 12.1 Å². The van der Waals surface area contributed by atoms with Crippen LogP contribution in [0.15, 0.2) is 34.6 Å². The first-order valence-corrected chi connectivity index (χ1v) is 11.3. The van der Waals surface area contributed by atoms with Gasteiger partial charge >= 0.3 is 17.4 Å². The molecule has 2 heterocycles. The SMILES string of the molecule is CO[C@@H](CC(C)C)C(=O)N1C=C(OC(=O)CCNc2n[n+]([O-])c3cc(Br)ccc3[n+]2[O-])CC1. The molecule has 2 aromatic rings. The number of anilines is 1. The number of rotatable bonds is 9. The molecule has 33 heavy (non-hydrogen) atoms. The number of halogens is 1. The van der Waals surface area contributed by atoms with E-state index in [9.17, 15) is 20.0 Å². The predicted molar refractivity (Wildman–Crippen MR) is 121 cm³/mol. The van der Waals surface area contributed by atoms with Gasteiger partial charge in [-0.2, -0.15) is 0 Å². The Morgan fingerprint density at radius 3 is 2.76 bits per heavy atom. The van der Waals surface area contributed by atoms with Crippen molar-refractivity contribution in [2.75, 3.05) is 25.5 Å². The summed E-state index contributed by atoms with van der Waals surface area (Å²) in [6.45, 7) is 4.47. The van der Waals surface area contributed by atoms with E-state index in [2.05, 4.69) is 26.3 Å². The lowest BCUT2D eigenvalue weighted by atomic mass is 10.1. The standard InChI is InChI=1S/C21H26BrN5O6/c1-13(2)10-18(32-3)20(29)25-9-7-15(12-25)33-19(28)6-8-23-21-24-27(31)17-11-14(22)4-5-16(17)26(21)30/h4-5,11-13,18H,6-10H2,1-3H3,(H,23,24)/t18-/m0/s1. The maximum absolute atomic E-state index is 12.6. The number of nitrogens with one attached hydrogen (secondary N) is 1. The van der Waals surface area contributed by atoms with Gasteiger partial charge in [-0.25, -0.2) is 4.73 Å². The number of ether oxygens (including phenoxy) is 2. The highest BCUT2D eigenvalue weighted by molar-refractivity contribution is 9.10. The van der Waals surface area contributed by atoms with Crippen LogP contribution >= 0.6 is 15.9 Å². The van der Waals surface area contributed by atoms with E-state index in [0.717, 1.165) is 0 Å². The van der Waals surface area contributed by atoms with E-state index in [0.29, 0.717) is 45.1 Å². The highest BCUT2D eigenvalue weighted by Crippen LogP contribution is 2.20. The fourth-order valence-electron chi connectivity index (χ4n) is 3.39. The second-order valence-electron chi connectivity index (χ2n) is 8.01. The number of hydrogen-bond donors (Lipinski definition) is 1. The number of benzene rings is 1. The molecule has 1 aromatic heterocycles. The van der Waals surface area contributed by atoms with Gasteiger partial charge in [-0.15, -0.1) is 0 Å². The Kier molecular flexibility index (Phi) is 8.03. The monoisotopic (exact) mass is 523 g/mol. The average Bonchev–Trinajstić information content (AvgIpc) is 3.23. The molecule has 0 bridgehead atoms. The van der Waals surface area contributed by atoms with Gasteiger partial charge in [0, 0.05) is 41.7 Å². The van der Waals surface area contributed by atoms with E-state index in [1.165, 1.54) is 30.3 Å². The average molecular weight is 524 g/mol. The van der Waals surface area contributed by atoms with Gasteiger partial charge in [0.1, 0.15) is 11.9 Å². The highest BCUT2D eigenvalue weighted by Gasteiger charge is 2.28. The van der Waals surface area contributed by atoms with Gasteiger partial charge in [0.2, 0.25) is 5.10 Å². The molecule has 1 amide bonds. The molecule has 1 aliphatic heterocycles. The molecule has 0 aliphatic carbocycles. The van der Waals surface area contributed by atoms with Crippen LogP contribution < -0.4 is 14.9 Å². The van der Waals surface area contributed by atoms with Crippen LogP contribution in [0, 0.1) is 16.3 Å². The Morgan fingerprint density at radius 1 is 1.30 bits per heavy atom. The van der Waals surface area contributed by atoms with Crippen molar-refractivity contribution in [1.29, 1.82) is 0 Å². The van der Waals surface area contributed by atoms with Crippen molar-refractivity contribution in [3.05, 3.63) is 45.0 Å². The minimum absolute atomic E-state index is 0.0339. The summed E-state index contributed by atoms with van der Waals surface area (Å²) in [5.74, 6) is -0.234. The zero-order chi connectivity index (χ0) is 24.1. The summed E-state index contributed by atoms with van der Waals surface area (Å²) >= 11 is 3.24. The summed E-state index contributed by atoms with van der Waals surface area (Å²) < 4.78 is 11.8. The van der Waals surface area contributed by atoms with Gasteiger partial charge in [-0.05, 0) is 24.5 Å². The number of aromatic nitrogens is 3. The number of carbonyl (C=O) groups excluding carboxylic acids is 2. The molecule has 1 atom stereocenters. The minimum atomic E-state index is -0.543. The van der Waals surface area contributed by atoms with Crippen LogP contribution in [0.25, 0.3) is 11.0 Å². The van der Waals surface area contributed by atoms with E-state index >= 15 is 0 Å². The quantitative estimate of drug-likeness (QED) is 0.298. The van der Waals surface area contributed by atoms with E-state index in [1.54, 1.807) is 6.07 Å². The topological polar surface area (TPSA) is 135 Å². The number of carbonyl (C=O) groups is 2. The Labute approximate surface area is 199 Å². The lowest BCUT2D eigenvalue weighted by Gasteiger charge is -2.21. The van der Waals surface area contributed by atoms with Gasteiger partial charge in [0.25, 0.3) is 5.91 Å². The molecule has 0 fully saturated rings. The summed E-state index contributed by atoms with van der Waals surface area (Å²) in [5.41, 5.74) is 0.252. The first-order chi connectivity index (χ1) is 15.7. The highest BCUT2D eigenvalue weighted by atomic mass is 79.9. The maximum atomic E-state index is 12.6. The van der Waals surface area contributed by atoms with Crippen LogP contribution in [-0.4, -0.2) is 48.2 Å². The van der Waals surface area contributed by atoms with Crippen molar-refractivity contribution >= 4 is 44.8 Å². The zero-order valence-electron chi connectivity index (χ0n) is 18.6. The summed E-state index contributed by atoms with van der Waals surface area (Å²) in [6.07, 6.45) is 1.93. The largest absolute Gasteiger partial charge is 0.739 e. The number of methoxy groups -OCH3 is 1. The molecule has 3 rings (SSSR count). The Hall–Kier alpha value is -2.99. The van der Waals surface area contributed by atoms with Crippen LogP contribution in [0.1, 0.15) is 33.1 Å². The number of amides is 1. The Bertz CT molecular complexity index is 1080. The van der Waals surface area contributed by atoms with Crippen LogP contribution in [0.5, 0.6) is 0 Å². The van der Waals surface area contributed by atoms with Crippen molar-refractivity contribution < 1.29 is 28.6 Å². The summed E-state index contributed by atoms with van der Waals surface area (Å²) in [4.78, 5) is 26.6. The second kappa shape index (κ2) is 10.8. The lowest BCUT2D eigenvalue weighted by Crippen LogP contribution is -2.44. The zero-order valence-corrected chi connectivity index (χ0v) is 20.2. The van der Waals surface area contributed by atoms with Gasteiger partial charge in [0.05, 0.1) is 13.0 Å². The predicted octanol–water partition coefficient (Wildman–Crippen LogP) is 1.74. The third kappa shape index (κ3) is 6.08. The Balaban J connectivity index is 1.54. The fraction of sp³-hybridized carbons (Fsp3) is 0.476. The molecule has 0 spiro atoms. The van der Waals surface area contributed by atoms with Crippen LogP contribution in [0.3, 0.4) is 0 Å². The van der Waals surface area contributed by atoms with Crippen molar-refractivity contribution in [2.45, 2.75) is 39.2 Å². The van der Waals surface area contributed by atoms with Gasteiger partial charge in [-0.1, -0.05) is 29.8 Å². The smallest absolute Gasteiger partial charge is 0.460 e. The molecule has 178 valence electrons. The molecular formula is C21H26BrN5O6. The van der Waals surface area contributed by atoms with E-state index in [-0.39, 0.29) is 35.9 Å². The van der Waals surface area contributed by atoms with Gasteiger partial charge in [-0.3, -0.25) is 14.9 Å². The molecule has 12 heteroatoms. The van der Waals surface area contributed by atoms with Crippen molar-refractivity contribution in [3.8, 4) is 0 Å². The molecule has 0 radical (unpaired) electrons. The molecule has 1 aliphatic rings. The van der Waals surface area contributed by atoms with E-state index in [4.69, 9.17) is 9.47 Å². The number of fused-ring (bicyclic) bond motifs is 1. The van der Waals surface area contributed by atoms with Gasteiger partial charge < -0.3 is 24.8 Å². The molecule has 11 nitrogen and oxygen atoms in total. The molecule has 0 saturated heterocycles. The fourth-order valence-corrected chi connectivity index (χ4v) is 3.74. The normalized spacial score (nSPS) is 14.5. The minimum Gasteiger partial charge on any atom is -0.739 e. The van der Waals surface area contributed by atoms with E-state index in [1.807, 2.05) is 13.8 Å². The Morgan fingerprint density at radius 2 is 2.06 bits per heavy atom. The summed E-state index contributed by atoms with van der Waals surface area (Å²) in [7, 11) is 1.50. The van der Waals surface area contributed by atoms with Crippen molar-refractivity contribution in [2.24, 2.45) is 5.92 Å². The molecule has 0 saturated carbocycles.